The molecular weight excluding hydrogens is 378 g/mol. The molecule has 0 unspecified atom stereocenters. The lowest BCUT2D eigenvalue weighted by Crippen LogP contribution is -2.35. The molecule has 158 valence electrons. The fourth-order valence-electron chi connectivity index (χ4n) is 3.71. The second kappa shape index (κ2) is 8.26. The highest BCUT2D eigenvalue weighted by Gasteiger charge is 2.20. The van der Waals surface area contributed by atoms with Gasteiger partial charge in [0, 0.05) is 24.2 Å². The van der Waals surface area contributed by atoms with Crippen LogP contribution in [0, 0.1) is 27.7 Å². The number of amides is 2. The van der Waals surface area contributed by atoms with Gasteiger partial charge in [-0.05, 0) is 58.7 Å². The van der Waals surface area contributed by atoms with E-state index in [4.69, 9.17) is 0 Å². The number of benzene rings is 1. The van der Waals surface area contributed by atoms with E-state index in [1.54, 1.807) is 26.2 Å². The molecular formula is C23H29N5O2. The molecule has 0 fully saturated rings. The van der Waals surface area contributed by atoms with Crippen LogP contribution in [0.2, 0.25) is 0 Å². The largest absolute Gasteiger partial charge is 0.332 e. The Bertz CT molecular complexity index is 1110. The number of fused-ring (bicyclic) bond motifs is 1. The van der Waals surface area contributed by atoms with Crippen LogP contribution >= 0.6 is 0 Å². The lowest BCUT2D eigenvalue weighted by Gasteiger charge is -2.19. The standard InChI is InChI=1S/C23H29N5O2/c1-13(2)28-22-18(11-24-28)10-19(17(6)25-22)23(30)27(7)12-20(29)26-21-15(4)8-14(3)9-16(21)5/h8-11,13H,12H2,1-7H3,(H,26,29). The van der Waals surface area contributed by atoms with Crippen molar-refractivity contribution in [3.8, 4) is 0 Å². The van der Waals surface area contributed by atoms with Crippen LogP contribution in [0.5, 0.6) is 0 Å². The van der Waals surface area contributed by atoms with Crippen molar-refractivity contribution in [3.05, 3.63) is 52.3 Å². The van der Waals surface area contributed by atoms with Gasteiger partial charge in [-0.1, -0.05) is 17.7 Å². The van der Waals surface area contributed by atoms with E-state index in [0.29, 0.717) is 11.3 Å². The summed E-state index contributed by atoms with van der Waals surface area (Å²) < 4.78 is 1.83. The molecule has 0 atom stereocenters. The van der Waals surface area contributed by atoms with Gasteiger partial charge in [-0.25, -0.2) is 9.67 Å². The third-order valence-electron chi connectivity index (χ3n) is 5.15. The van der Waals surface area contributed by atoms with E-state index >= 15 is 0 Å². The SMILES string of the molecule is Cc1cc(C)c(NC(=O)CN(C)C(=O)c2cc3cnn(C(C)C)c3nc2C)c(C)c1. The van der Waals surface area contributed by atoms with Gasteiger partial charge in [0.25, 0.3) is 5.91 Å². The molecule has 0 aliphatic rings. The molecule has 30 heavy (non-hydrogen) atoms. The molecule has 0 spiro atoms. The maximum Gasteiger partial charge on any atom is 0.255 e. The Kier molecular flexibility index (Phi) is 5.92. The van der Waals surface area contributed by atoms with Crippen LogP contribution in [-0.2, 0) is 4.79 Å². The minimum absolute atomic E-state index is 0.0473. The number of anilines is 1. The first-order valence-electron chi connectivity index (χ1n) is 10.1. The van der Waals surface area contributed by atoms with Crippen LogP contribution in [-0.4, -0.2) is 45.1 Å². The van der Waals surface area contributed by atoms with Gasteiger partial charge in [0.05, 0.1) is 24.0 Å². The molecule has 7 heteroatoms. The maximum absolute atomic E-state index is 13.0. The van der Waals surface area contributed by atoms with Crippen molar-refractivity contribution in [3.63, 3.8) is 0 Å². The molecule has 0 saturated carbocycles. The Balaban J connectivity index is 1.77. The van der Waals surface area contributed by atoms with Crippen LogP contribution in [0.15, 0.2) is 24.4 Å². The molecule has 0 aliphatic carbocycles. The second-order valence-corrected chi connectivity index (χ2v) is 8.20. The average Bonchev–Trinajstić information content (AvgIpc) is 3.06. The van der Waals surface area contributed by atoms with Crippen molar-refractivity contribution in [2.45, 2.75) is 47.6 Å². The minimum Gasteiger partial charge on any atom is -0.332 e. The summed E-state index contributed by atoms with van der Waals surface area (Å²) in [6.07, 6.45) is 1.72. The van der Waals surface area contributed by atoms with Crippen molar-refractivity contribution in [2.24, 2.45) is 0 Å². The predicted octanol–water partition coefficient (Wildman–Crippen LogP) is 3.96. The summed E-state index contributed by atoms with van der Waals surface area (Å²) >= 11 is 0. The van der Waals surface area contributed by atoms with Crippen LogP contribution < -0.4 is 5.32 Å². The zero-order valence-electron chi connectivity index (χ0n) is 18.7. The van der Waals surface area contributed by atoms with E-state index in [1.165, 1.54) is 4.90 Å². The topological polar surface area (TPSA) is 80.1 Å². The monoisotopic (exact) mass is 407 g/mol. The zero-order chi connectivity index (χ0) is 22.2. The first kappa shape index (κ1) is 21.5. The van der Waals surface area contributed by atoms with E-state index in [1.807, 2.05) is 51.4 Å². The summed E-state index contributed by atoms with van der Waals surface area (Å²) in [5, 5.41) is 8.11. The van der Waals surface area contributed by atoms with Gasteiger partial charge in [-0.2, -0.15) is 5.10 Å². The molecule has 2 amide bonds. The van der Waals surface area contributed by atoms with Crippen molar-refractivity contribution in [1.82, 2.24) is 19.7 Å². The Labute approximate surface area is 177 Å². The highest BCUT2D eigenvalue weighted by molar-refractivity contribution is 6.01. The molecule has 0 aliphatic heterocycles. The molecule has 0 radical (unpaired) electrons. The first-order valence-corrected chi connectivity index (χ1v) is 10.1. The highest BCUT2D eigenvalue weighted by Crippen LogP contribution is 2.22. The summed E-state index contributed by atoms with van der Waals surface area (Å²) in [7, 11) is 1.62. The molecule has 1 aromatic carbocycles. The Morgan fingerprint density at radius 2 is 1.73 bits per heavy atom. The fourth-order valence-corrected chi connectivity index (χ4v) is 3.71. The van der Waals surface area contributed by atoms with Gasteiger partial charge in [-0.3, -0.25) is 9.59 Å². The van der Waals surface area contributed by atoms with E-state index in [9.17, 15) is 9.59 Å². The van der Waals surface area contributed by atoms with Gasteiger partial charge in [0.1, 0.15) is 0 Å². The number of nitrogens with one attached hydrogen (secondary N) is 1. The number of likely N-dealkylation sites (N-methyl/N-ethyl adjacent to an activating group) is 1. The summed E-state index contributed by atoms with van der Waals surface area (Å²) in [6, 6.07) is 6.03. The lowest BCUT2D eigenvalue weighted by atomic mass is 10.1. The van der Waals surface area contributed by atoms with Crippen molar-refractivity contribution >= 4 is 28.5 Å². The number of aryl methyl sites for hydroxylation is 4. The second-order valence-electron chi connectivity index (χ2n) is 8.20. The number of hydrogen-bond donors (Lipinski definition) is 1. The van der Waals surface area contributed by atoms with Crippen molar-refractivity contribution < 1.29 is 9.59 Å². The fraction of sp³-hybridized carbons (Fsp3) is 0.391. The maximum atomic E-state index is 13.0. The molecule has 7 nitrogen and oxygen atoms in total. The summed E-state index contributed by atoms with van der Waals surface area (Å²) in [4.78, 5) is 31.6. The van der Waals surface area contributed by atoms with Crippen LogP contribution in [0.1, 0.15) is 52.6 Å². The Morgan fingerprint density at radius 3 is 2.33 bits per heavy atom. The quantitative estimate of drug-likeness (QED) is 0.694. The molecule has 1 N–H and O–H groups in total. The van der Waals surface area contributed by atoms with Crippen molar-refractivity contribution in [1.29, 1.82) is 0 Å². The number of pyridine rings is 1. The van der Waals surface area contributed by atoms with Crippen LogP contribution in [0.25, 0.3) is 11.0 Å². The van der Waals surface area contributed by atoms with Gasteiger partial charge in [0.15, 0.2) is 5.65 Å². The third kappa shape index (κ3) is 4.20. The van der Waals surface area contributed by atoms with Gasteiger partial charge < -0.3 is 10.2 Å². The van der Waals surface area contributed by atoms with Crippen LogP contribution in [0.4, 0.5) is 5.69 Å². The van der Waals surface area contributed by atoms with E-state index in [0.717, 1.165) is 33.4 Å². The zero-order valence-corrected chi connectivity index (χ0v) is 18.7. The normalized spacial score (nSPS) is 11.2. The molecule has 3 aromatic rings. The van der Waals surface area contributed by atoms with Gasteiger partial charge in [0.2, 0.25) is 5.91 Å². The predicted molar refractivity (Wildman–Crippen MR) is 119 cm³/mol. The molecule has 2 aromatic heterocycles. The summed E-state index contributed by atoms with van der Waals surface area (Å²) in [5.41, 5.74) is 5.80. The number of carbonyl (C=O) groups is 2. The Morgan fingerprint density at radius 1 is 1.10 bits per heavy atom. The summed E-state index contributed by atoms with van der Waals surface area (Å²) in [6.45, 7) is 11.8. The number of rotatable bonds is 5. The number of hydrogen-bond acceptors (Lipinski definition) is 4. The lowest BCUT2D eigenvalue weighted by molar-refractivity contribution is -0.116. The average molecular weight is 408 g/mol. The Hall–Kier alpha value is -3.22. The van der Waals surface area contributed by atoms with Gasteiger partial charge in [-0.15, -0.1) is 0 Å². The first-order chi connectivity index (χ1) is 14.1. The number of carbonyl (C=O) groups excluding carboxylic acids is 2. The molecule has 2 heterocycles. The smallest absolute Gasteiger partial charge is 0.255 e. The molecule has 0 saturated heterocycles. The number of nitrogens with zero attached hydrogens (tertiary/aromatic N) is 4. The molecule has 0 bridgehead atoms. The van der Waals surface area contributed by atoms with Crippen LogP contribution in [0.3, 0.4) is 0 Å². The highest BCUT2D eigenvalue weighted by atomic mass is 16.2. The van der Waals surface area contributed by atoms with E-state index in [2.05, 4.69) is 15.4 Å². The van der Waals surface area contributed by atoms with Gasteiger partial charge >= 0.3 is 0 Å². The van der Waals surface area contributed by atoms with Crippen molar-refractivity contribution in [2.75, 3.05) is 18.9 Å². The molecule has 3 rings (SSSR count). The number of aromatic nitrogens is 3. The van der Waals surface area contributed by atoms with E-state index in [-0.39, 0.29) is 24.4 Å². The minimum atomic E-state index is -0.244. The van der Waals surface area contributed by atoms with E-state index < -0.39 is 0 Å². The third-order valence-corrected chi connectivity index (χ3v) is 5.15. The summed E-state index contributed by atoms with van der Waals surface area (Å²) in [5.74, 6) is -0.480.